The molecule has 15 atom stereocenters. The standard InChI is InChI=1S/C28H47NO7/c1-13-6-7-16-15-12-18(29)21-20(25(33)34-5)19(36-26-24(32)23(31)22(30)14(2)35-26)9-11-28(21,4)17(15)8-10-27(13,16)3/h13-24,26,30-32H,6-12,29H2,1-5H3/t13-,14-,15-,16-,17-,18?,19-,20?,21?,22-,23+,24+,26-,27+,28+/m0/s1. The number of carbonyl (C=O) groups excluding carboxylic acids is 1. The molecule has 0 spiro atoms. The van der Waals surface area contributed by atoms with Crippen LogP contribution in [0.15, 0.2) is 0 Å². The summed E-state index contributed by atoms with van der Waals surface area (Å²) in [5.74, 6) is 1.54. The minimum Gasteiger partial charge on any atom is -0.469 e. The second-order valence-electron chi connectivity index (χ2n) is 13.3. The van der Waals surface area contributed by atoms with Crippen molar-refractivity contribution >= 4 is 5.97 Å². The fraction of sp³-hybridized carbons (Fsp3) is 0.964. The van der Waals surface area contributed by atoms with Crippen molar-refractivity contribution in [3.8, 4) is 0 Å². The van der Waals surface area contributed by atoms with Gasteiger partial charge >= 0.3 is 5.97 Å². The van der Waals surface area contributed by atoms with Gasteiger partial charge < -0.3 is 35.3 Å². The molecule has 8 nitrogen and oxygen atoms in total. The number of nitrogens with two attached hydrogens (primary N) is 1. The van der Waals surface area contributed by atoms with Gasteiger partial charge in [0.2, 0.25) is 0 Å². The monoisotopic (exact) mass is 509 g/mol. The van der Waals surface area contributed by atoms with Crippen LogP contribution in [-0.4, -0.2) is 71.3 Å². The molecule has 5 rings (SSSR count). The van der Waals surface area contributed by atoms with Gasteiger partial charge in [0.05, 0.1) is 25.2 Å². The largest absolute Gasteiger partial charge is 0.469 e. The van der Waals surface area contributed by atoms with Gasteiger partial charge in [0.15, 0.2) is 6.29 Å². The smallest absolute Gasteiger partial charge is 0.311 e. The fourth-order valence-electron chi connectivity index (χ4n) is 9.67. The first kappa shape index (κ1) is 26.8. The van der Waals surface area contributed by atoms with E-state index in [9.17, 15) is 20.1 Å². The summed E-state index contributed by atoms with van der Waals surface area (Å²) >= 11 is 0. The predicted octanol–water partition coefficient (Wildman–Crippen LogP) is 2.21. The van der Waals surface area contributed by atoms with Crippen molar-refractivity contribution in [3.05, 3.63) is 0 Å². The van der Waals surface area contributed by atoms with E-state index in [1.165, 1.54) is 32.8 Å². The van der Waals surface area contributed by atoms with Crippen molar-refractivity contribution < 1.29 is 34.3 Å². The lowest BCUT2D eigenvalue weighted by atomic mass is 9.42. The normalized spacial score (nSPS) is 56.9. The van der Waals surface area contributed by atoms with E-state index >= 15 is 0 Å². The summed E-state index contributed by atoms with van der Waals surface area (Å²) in [6.45, 7) is 8.89. The van der Waals surface area contributed by atoms with Crippen molar-refractivity contribution in [2.45, 2.75) is 115 Å². The first-order valence-electron chi connectivity index (χ1n) is 14.1. The summed E-state index contributed by atoms with van der Waals surface area (Å²) in [6.07, 6.45) is 1.03. The van der Waals surface area contributed by atoms with Gasteiger partial charge in [-0.25, -0.2) is 0 Å². The number of rotatable bonds is 3. The topological polar surface area (TPSA) is 131 Å². The number of esters is 1. The fourth-order valence-corrected chi connectivity index (χ4v) is 9.67. The molecule has 5 aliphatic rings. The molecule has 0 aromatic carbocycles. The van der Waals surface area contributed by atoms with Crippen LogP contribution in [0.1, 0.15) is 72.6 Å². The minimum absolute atomic E-state index is 0.0940. The Morgan fingerprint density at radius 1 is 0.944 bits per heavy atom. The summed E-state index contributed by atoms with van der Waals surface area (Å²) in [5.41, 5.74) is 7.29. The molecule has 8 heteroatoms. The molecule has 5 N–H and O–H groups in total. The highest BCUT2D eigenvalue weighted by molar-refractivity contribution is 5.74. The maximum atomic E-state index is 13.3. The Morgan fingerprint density at radius 2 is 1.61 bits per heavy atom. The second-order valence-corrected chi connectivity index (χ2v) is 13.3. The van der Waals surface area contributed by atoms with Gasteiger partial charge in [-0.15, -0.1) is 0 Å². The molecule has 0 radical (unpaired) electrons. The Balaban J connectivity index is 1.42. The quantitative estimate of drug-likeness (QED) is 0.336. The Kier molecular flexibility index (Phi) is 7.04. The van der Waals surface area contributed by atoms with Gasteiger partial charge in [-0.2, -0.15) is 0 Å². The van der Waals surface area contributed by atoms with Crippen LogP contribution in [0.25, 0.3) is 0 Å². The van der Waals surface area contributed by atoms with Gasteiger partial charge in [0.25, 0.3) is 0 Å². The van der Waals surface area contributed by atoms with Gasteiger partial charge in [0.1, 0.15) is 18.3 Å². The van der Waals surface area contributed by atoms with Crippen LogP contribution in [0.4, 0.5) is 0 Å². The molecule has 206 valence electrons. The van der Waals surface area contributed by atoms with Crippen LogP contribution < -0.4 is 5.73 Å². The van der Waals surface area contributed by atoms with Crippen molar-refractivity contribution in [3.63, 3.8) is 0 Å². The lowest BCUT2D eigenvalue weighted by Crippen LogP contribution is -2.65. The number of methoxy groups -OCH3 is 1. The van der Waals surface area contributed by atoms with Crippen LogP contribution in [0.3, 0.4) is 0 Å². The summed E-state index contributed by atoms with van der Waals surface area (Å²) in [6, 6.07) is -0.145. The molecule has 3 unspecified atom stereocenters. The van der Waals surface area contributed by atoms with Crippen molar-refractivity contribution in [2.75, 3.05) is 7.11 Å². The number of ether oxygens (including phenoxy) is 3. The van der Waals surface area contributed by atoms with Gasteiger partial charge in [-0.1, -0.05) is 20.8 Å². The zero-order valence-electron chi connectivity index (χ0n) is 22.5. The third-order valence-corrected chi connectivity index (χ3v) is 11.9. The van der Waals surface area contributed by atoms with E-state index in [-0.39, 0.29) is 23.3 Å². The van der Waals surface area contributed by atoms with Crippen LogP contribution in [-0.2, 0) is 19.0 Å². The number of fused-ring (bicyclic) bond motifs is 5. The van der Waals surface area contributed by atoms with E-state index in [0.717, 1.165) is 18.8 Å². The molecule has 0 aromatic rings. The third-order valence-electron chi connectivity index (χ3n) is 11.9. The van der Waals surface area contributed by atoms with Gasteiger partial charge in [0, 0.05) is 6.04 Å². The highest BCUT2D eigenvalue weighted by Crippen LogP contribution is 2.68. The zero-order valence-corrected chi connectivity index (χ0v) is 22.5. The van der Waals surface area contributed by atoms with E-state index in [0.29, 0.717) is 29.6 Å². The van der Waals surface area contributed by atoms with Gasteiger partial charge in [-0.05, 0) is 92.3 Å². The molecule has 0 bridgehead atoms. The Morgan fingerprint density at radius 3 is 2.31 bits per heavy atom. The molecule has 36 heavy (non-hydrogen) atoms. The van der Waals surface area contributed by atoms with E-state index in [2.05, 4.69) is 20.8 Å². The van der Waals surface area contributed by atoms with Gasteiger partial charge in [-0.3, -0.25) is 4.79 Å². The molecule has 1 saturated heterocycles. The average Bonchev–Trinajstić information content (AvgIpc) is 3.15. The Bertz CT molecular complexity index is 841. The highest BCUT2D eigenvalue weighted by Gasteiger charge is 2.64. The molecule has 4 saturated carbocycles. The second kappa shape index (κ2) is 9.45. The number of hydrogen-bond acceptors (Lipinski definition) is 8. The number of aliphatic hydroxyl groups is 3. The summed E-state index contributed by atoms with van der Waals surface area (Å²) in [5, 5.41) is 30.9. The molecule has 5 fully saturated rings. The lowest BCUT2D eigenvalue weighted by Gasteiger charge is -2.64. The Hall–Kier alpha value is -0.770. The van der Waals surface area contributed by atoms with Crippen LogP contribution in [0.2, 0.25) is 0 Å². The predicted molar refractivity (Wildman–Crippen MR) is 132 cm³/mol. The van der Waals surface area contributed by atoms with E-state index in [1.807, 2.05) is 0 Å². The highest BCUT2D eigenvalue weighted by atomic mass is 16.7. The van der Waals surface area contributed by atoms with Crippen LogP contribution in [0, 0.1) is 46.3 Å². The molecule has 1 aliphatic heterocycles. The molecule has 4 aliphatic carbocycles. The molecule has 0 amide bonds. The molecule has 0 aromatic heterocycles. The lowest BCUT2D eigenvalue weighted by molar-refractivity contribution is -0.315. The Labute approximate surface area is 215 Å². The summed E-state index contributed by atoms with van der Waals surface area (Å²) in [7, 11) is 1.41. The van der Waals surface area contributed by atoms with E-state index in [1.54, 1.807) is 6.92 Å². The number of carbonyl (C=O) groups is 1. The summed E-state index contributed by atoms with van der Waals surface area (Å²) < 4.78 is 17.3. The third kappa shape index (κ3) is 3.89. The molecule has 1 heterocycles. The van der Waals surface area contributed by atoms with E-state index < -0.39 is 42.7 Å². The first-order chi connectivity index (χ1) is 16.9. The number of hydrogen-bond donors (Lipinski definition) is 4. The summed E-state index contributed by atoms with van der Waals surface area (Å²) in [4.78, 5) is 13.3. The SMILES string of the molecule is COC(=O)C1C2C(N)C[C@H]3[C@@H]4CC[C@H](C)[C@@]4(C)CC[C@@H]3[C@@]2(C)CC[C@@H]1O[C@@H]1O[C@@H](C)[C@H](O)[C@@H](O)[C@H]1O. The zero-order chi connectivity index (χ0) is 26.2. The minimum atomic E-state index is -1.41. The van der Waals surface area contributed by atoms with Crippen molar-refractivity contribution in [2.24, 2.45) is 52.1 Å². The van der Waals surface area contributed by atoms with Crippen LogP contribution >= 0.6 is 0 Å². The first-order valence-corrected chi connectivity index (χ1v) is 14.1. The van der Waals surface area contributed by atoms with Crippen LogP contribution in [0.5, 0.6) is 0 Å². The van der Waals surface area contributed by atoms with Crippen molar-refractivity contribution in [1.29, 1.82) is 0 Å². The maximum absolute atomic E-state index is 13.3. The van der Waals surface area contributed by atoms with Crippen molar-refractivity contribution in [1.82, 2.24) is 0 Å². The van der Waals surface area contributed by atoms with E-state index in [4.69, 9.17) is 19.9 Å². The molecular formula is C28H47NO7. The number of aliphatic hydroxyl groups excluding tert-OH is 3. The average molecular weight is 510 g/mol. The maximum Gasteiger partial charge on any atom is 0.311 e. The molecular weight excluding hydrogens is 462 g/mol.